The molecule has 0 saturated carbocycles. The first-order chi connectivity index (χ1) is 8.57. The molecule has 4 heteroatoms. The van der Waals surface area contributed by atoms with Crippen molar-refractivity contribution in [2.75, 3.05) is 0 Å². The van der Waals surface area contributed by atoms with Gasteiger partial charge in [0.1, 0.15) is 4.91 Å². The van der Waals surface area contributed by atoms with Crippen molar-refractivity contribution in [2.24, 2.45) is 0 Å². The fourth-order valence-electron chi connectivity index (χ4n) is 1.61. The maximum atomic E-state index is 11.4. The first-order valence-corrected chi connectivity index (χ1v) is 6.81. The van der Waals surface area contributed by atoms with Crippen LogP contribution in [0.25, 0.3) is 11.0 Å². The molecule has 0 aliphatic heterocycles. The largest absolute Gasteiger partial charge is 0.295 e. The van der Waals surface area contributed by atoms with E-state index in [0.717, 1.165) is 0 Å². The van der Waals surface area contributed by atoms with Crippen LogP contribution in [0.1, 0.15) is 11.1 Å². The molecule has 0 aliphatic carbocycles. The minimum Gasteiger partial charge on any atom is -0.282 e. The lowest BCUT2D eigenvalue weighted by Crippen LogP contribution is -2.00. The van der Waals surface area contributed by atoms with Crippen LogP contribution in [-0.4, -0.2) is 13.0 Å². The molecule has 2 aromatic rings. The summed E-state index contributed by atoms with van der Waals surface area (Å²) in [5.74, 6) is 0. The minimum atomic E-state index is -4.26. The Hall–Kier alpha value is -1.91. The summed E-state index contributed by atoms with van der Waals surface area (Å²) in [6.07, 6.45) is 1.45. The van der Waals surface area contributed by atoms with Gasteiger partial charge in [0.2, 0.25) is 0 Å². The van der Waals surface area contributed by atoms with Crippen molar-refractivity contribution in [2.45, 2.75) is 0 Å². The van der Waals surface area contributed by atoms with E-state index in [1.54, 1.807) is 54.6 Å². The maximum Gasteiger partial charge on any atom is 0.295 e. The molecule has 2 aromatic carbocycles. The summed E-state index contributed by atoms with van der Waals surface area (Å²) in [7, 11) is -4.26. The summed E-state index contributed by atoms with van der Waals surface area (Å²) in [6, 6.07) is 17.5. The SMILES string of the molecule is O=S(=O)(O)/C(=C/c1ccccc1)c1ccccc1. The number of rotatable bonds is 3. The third-order valence-electron chi connectivity index (χ3n) is 2.43. The van der Waals surface area contributed by atoms with Crippen LogP contribution in [0.5, 0.6) is 0 Å². The molecule has 0 heterocycles. The summed E-state index contributed by atoms with van der Waals surface area (Å²) in [4.78, 5) is -0.102. The topological polar surface area (TPSA) is 54.4 Å². The fraction of sp³-hybridized carbons (Fsp3) is 0. The molecule has 0 bridgehead atoms. The van der Waals surface area contributed by atoms with Crippen molar-refractivity contribution in [1.29, 1.82) is 0 Å². The lowest BCUT2D eigenvalue weighted by atomic mass is 10.1. The highest BCUT2D eigenvalue weighted by atomic mass is 32.2. The van der Waals surface area contributed by atoms with Crippen molar-refractivity contribution in [1.82, 2.24) is 0 Å². The highest BCUT2D eigenvalue weighted by Gasteiger charge is 2.15. The summed E-state index contributed by atoms with van der Waals surface area (Å²) in [5.41, 5.74) is 1.18. The predicted molar refractivity (Wildman–Crippen MR) is 72.3 cm³/mol. The monoisotopic (exact) mass is 260 g/mol. The lowest BCUT2D eigenvalue weighted by molar-refractivity contribution is 0.496. The third kappa shape index (κ3) is 3.06. The Kier molecular flexibility index (Phi) is 3.60. The number of hydrogen-bond acceptors (Lipinski definition) is 2. The van der Waals surface area contributed by atoms with E-state index in [2.05, 4.69) is 0 Å². The van der Waals surface area contributed by atoms with E-state index in [0.29, 0.717) is 11.1 Å². The van der Waals surface area contributed by atoms with Crippen molar-refractivity contribution >= 4 is 21.1 Å². The smallest absolute Gasteiger partial charge is 0.282 e. The Morgan fingerprint density at radius 3 is 1.89 bits per heavy atom. The van der Waals surface area contributed by atoms with Crippen LogP contribution in [0, 0.1) is 0 Å². The minimum absolute atomic E-state index is 0.102. The second-order valence-electron chi connectivity index (χ2n) is 3.76. The van der Waals surface area contributed by atoms with Gasteiger partial charge in [-0.1, -0.05) is 60.7 Å². The van der Waals surface area contributed by atoms with Crippen molar-refractivity contribution in [3.8, 4) is 0 Å². The molecular formula is C14H12O3S. The van der Waals surface area contributed by atoms with E-state index in [4.69, 9.17) is 0 Å². The first-order valence-electron chi connectivity index (χ1n) is 5.37. The molecule has 0 radical (unpaired) electrons. The Morgan fingerprint density at radius 2 is 1.39 bits per heavy atom. The van der Waals surface area contributed by atoms with Gasteiger partial charge in [0.05, 0.1) is 0 Å². The van der Waals surface area contributed by atoms with Crippen molar-refractivity contribution < 1.29 is 13.0 Å². The quantitative estimate of drug-likeness (QED) is 0.681. The van der Waals surface area contributed by atoms with Gasteiger partial charge >= 0.3 is 0 Å². The van der Waals surface area contributed by atoms with Gasteiger partial charge in [-0.2, -0.15) is 8.42 Å². The van der Waals surface area contributed by atoms with Gasteiger partial charge in [-0.05, 0) is 17.2 Å². The van der Waals surface area contributed by atoms with Crippen LogP contribution >= 0.6 is 0 Å². The van der Waals surface area contributed by atoms with Gasteiger partial charge < -0.3 is 0 Å². The zero-order valence-corrected chi connectivity index (χ0v) is 10.3. The molecule has 0 spiro atoms. The molecule has 0 aromatic heterocycles. The van der Waals surface area contributed by atoms with Crippen LogP contribution in [0.2, 0.25) is 0 Å². The van der Waals surface area contributed by atoms with Crippen molar-refractivity contribution in [3.63, 3.8) is 0 Å². The van der Waals surface area contributed by atoms with E-state index in [-0.39, 0.29) is 4.91 Å². The van der Waals surface area contributed by atoms with E-state index in [1.165, 1.54) is 6.08 Å². The van der Waals surface area contributed by atoms with Gasteiger partial charge in [0.15, 0.2) is 0 Å². The summed E-state index contributed by atoms with van der Waals surface area (Å²) >= 11 is 0. The maximum absolute atomic E-state index is 11.4. The van der Waals surface area contributed by atoms with E-state index in [9.17, 15) is 13.0 Å². The van der Waals surface area contributed by atoms with Gasteiger partial charge in [-0.3, -0.25) is 4.55 Å². The van der Waals surface area contributed by atoms with Crippen molar-refractivity contribution in [3.05, 3.63) is 71.8 Å². The number of benzene rings is 2. The first kappa shape index (κ1) is 12.5. The third-order valence-corrected chi connectivity index (χ3v) is 3.34. The standard InChI is InChI=1S/C14H12O3S/c15-18(16,17)14(13-9-5-2-6-10-13)11-12-7-3-1-4-8-12/h1-11H,(H,15,16,17)/b14-11+. The molecule has 0 unspecified atom stereocenters. The van der Waals surface area contributed by atoms with Gasteiger partial charge in [0.25, 0.3) is 10.1 Å². The van der Waals surface area contributed by atoms with Crippen LogP contribution in [-0.2, 0) is 10.1 Å². The Balaban J connectivity index is 2.56. The summed E-state index contributed by atoms with van der Waals surface area (Å²) < 4.78 is 32.1. The Morgan fingerprint density at radius 1 is 0.889 bits per heavy atom. The van der Waals surface area contributed by atoms with Gasteiger partial charge in [-0.25, -0.2) is 0 Å². The second-order valence-corrected chi connectivity index (χ2v) is 5.15. The average molecular weight is 260 g/mol. The zero-order valence-electron chi connectivity index (χ0n) is 9.52. The van der Waals surface area contributed by atoms with E-state index >= 15 is 0 Å². The molecule has 0 aliphatic rings. The average Bonchev–Trinajstić information content (AvgIpc) is 2.37. The Bertz CT molecular complexity index is 644. The van der Waals surface area contributed by atoms with E-state index < -0.39 is 10.1 Å². The second kappa shape index (κ2) is 5.16. The summed E-state index contributed by atoms with van der Waals surface area (Å²) in [5, 5.41) is 0. The fourth-order valence-corrected chi connectivity index (χ4v) is 2.33. The molecule has 0 amide bonds. The van der Waals surface area contributed by atoms with E-state index in [1.807, 2.05) is 6.07 Å². The molecule has 2 rings (SSSR count). The predicted octanol–water partition coefficient (Wildman–Crippen LogP) is 3.07. The van der Waals surface area contributed by atoms with Crippen LogP contribution in [0.15, 0.2) is 60.7 Å². The molecule has 0 atom stereocenters. The molecule has 3 nitrogen and oxygen atoms in total. The highest BCUT2D eigenvalue weighted by Crippen LogP contribution is 2.22. The van der Waals surface area contributed by atoms with Gasteiger partial charge in [-0.15, -0.1) is 0 Å². The van der Waals surface area contributed by atoms with Crippen LogP contribution < -0.4 is 0 Å². The number of hydrogen-bond donors (Lipinski definition) is 1. The normalized spacial score (nSPS) is 12.4. The van der Waals surface area contributed by atoms with Crippen LogP contribution in [0.4, 0.5) is 0 Å². The Labute approximate surface area is 106 Å². The molecule has 92 valence electrons. The molecule has 1 N–H and O–H groups in total. The highest BCUT2D eigenvalue weighted by molar-refractivity contribution is 7.95. The molecule has 18 heavy (non-hydrogen) atoms. The van der Waals surface area contributed by atoms with Gasteiger partial charge in [0, 0.05) is 0 Å². The molecule has 0 fully saturated rings. The van der Waals surface area contributed by atoms with Crippen LogP contribution in [0.3, 0.4) is 0 Å². The molecule has 0 saturated heterocycles. The lowest BCUT2D eigenvalue weighted by Gasteiger charge is -2.04. The summed E-state index contributed by atoms with van der Waals surface area (Å²) in [6.45, 7) is 0. The molecular weight excluding hydrogens is 248 g/mol. The zero-order chi connectivity index (χ0) is 13.0.